The van der Waals surface area contributed by atoms with Crippen molar-refractivity contribution in [1.29, 1.82) is 0 Å². The molecule has 0 amide bonds. The smallest absolute Gasteiger partial charge is 0.169 e. The van der Waals surface area contributed by atoms with Crippen LogP contribution in [0.1, 0.15) is 30.3 Å². The molecule has 23 heavy (non-hydrogen) atoms. The first-order chi connectivity index (χ1) is 11.1. The summed E-state index contributed by atoms with van der Waals surface area (Å²) in [4.78, 5) is 9.36. The van der Waals surface area contributed by atoms with Gasteiger partial charge in [0, 0.05) is 19.6 Å². The summed E-state index contributed by atoms with van der Waals surface area (Å²) in [5.41, 5.74) is 1.10. The maximum atomic E-state index is 5.66. The molecule has 1 aromatic heterocycles. The first-order valence-electron chi connectivity index (χ1n) is 8.20. The van der Waals surface area contributed by atoms with E-state index in [-0.39, 0.29) is 0 Å². The van der Waals surface area contributed by atoms with Crippen LogP contribution in [-0.2, 0) is 0 Å². The highest BCUT2D eigenvalue weighted by Gasteiger charge is 2.28. The van der Waals surface area contributed by atoms with Crippen LogP contribution in [0.15, 0.2) is 24.3 Å². The Labute approximate surface area is 147 Å². The van der Waals surface area contributed by atoms with Crippen molar-refractivity contribution < 1.29 is 0 Å². The molecule has 4 nitrogen and oxygen atoms in total. The Bertz CT molecular complexity index is 634. The van der Waals surface area contributed by atoms with Crippen molar-refractivity contribution in [1.82, 2.24) is 20.1 Å². The number of hydrogen-bond donors (Lipinski definition) is 1. The Morgan fingerprint density at radius 2 is 2.22 bits per heavy atom. The third-order valence-corrected chi connectivity index (χ3v) is 5.71. The van der Waals surface area contributed by atoms with E-state index in [9.17, 15) is 0 Å². The standard InChI is InChI=1S/C17H24N4S2/c1-20(2)12-10-18-17(22)21-11-6-5-8-14(21)16-19-13-7-3-4-9-15(13)23-16/h3-4,7,9,14H,5-6,8,10-12H2,1-2H3,(H,18,22)/t14-/m1/s1. The van der Waals surface area contributed by atoms with Gasteiger partial charge in [-0.3, -0.25) is 0 Å². The number of likely N-dealkylation sites (tertiary alicyclic amines) is 1. The summed E-state index contributed by atoms with van der Waals surface area (Å²) in [5.74, 6) is 0. The Hall–Kier alpha value is -1.24. The van der Waals surface area contributed by atoms with E-state index in [4.69, 9.17) is 17.2 Å². The fourth-order valence-electron chi connectivity index (χ4n) is 2.95. The fraction of sp³-hybridized carbons (Fsp3) is 0.529. The van der Waals surface area contributed by atoms with Crippen molar-refractivity contribution in [2.24, 2.45) is 0 Å². The zero-order valence-corrected chi connectivity index (χ0v) is 15.4. The SMILES string of the molecule is CN(C)CCNC(=S)N1CCCC[C@@H]1c1nc2ccccc2s1. The van der Waals surface area contributed by atoms with Crippen LogP contribution in [0.5, 0.6) is 0 Å². The molecule has 1 aliphatic heterocycles. The molecule has 0 saturated carbocycles. The Morgan fingerprint density at radius 1 is 1.39 bits per heavy atom. The van der Waals surface area contributed by atoms with Crippen LogP contribution in [0.25, 0.3) is 10.2 Å². The molecule has 1 aromatic carbocycles. The number of fused-ring (bicyclic) bond motifs is 1. The van der Waals surface area contributed by atoms with Crippen LogP contribution in [0, 0.1) is 0 Å². The summed E-state index contributed by atoms with van der Waals surface area (Å²) in [5, 5.41) is 5.48. The van der Waals surface area contributed by atoms with Crippen molar-refractivity contribution in [3.8, 4) is 0 Å². The predicted molar refractivity (Wildman–Crippen MR) is 102 cm³/mol. The van der Waals surface area contributed by atoms with Gasteiger partial charge in [-0.1, -0.05) is 12.1 Å². The lowest BCUT2D eigenvalue weighted by atomic mass is 10.0. The molecule has 0 spiro atoms. The minimum Gasteiger partial charge on any atom is -0.361 e. The van der Waals surface area contributed by atoms with Crippen LogP contribution in [0.4, 0.5) is 0 Å². The van der Waals surface area contributed by atoms with Crippen molar-refractivity contribution >= 4 is 38.9 Å². The molecule has 3 rings (SSSR count). The van der Waals surface area contributed by atoms with Crippen LogP contribution in [0.2, 0.25) is 0 Å². The van der Waals surface area contributed by atoms with Gasteiger partial charge < -0.3 is 15.1 Å². The molecule has 1 saturated heterocycles. The van der Waals surface area contributed by atoms with Gasteiger partial charge in [-0.15, -0.1) is 11.3 Å². The van der Waals surface area contributed by atoms with E-state index in [1.54, 1.807) is 11.3 Å². The highest BCUT2D eigenvalue weighted by atomic mass is 32.1. The quantitative estimate of drug-likeness (QED) is 0.857. The summed E-state index contributed by atoms with van der Waals surface area (Å²) in [6.07, 6.45) is 3.59. The largest absolute Gasteiger partial charge is 0.361 e. The van der Waals surface area contributed by atoms with Crippen LogP contribution in [0.3, 0.4) is 0 Å². The molecule has 0 bridgehead atoms. The number of para-hydroxylation sites is 1. The summed E-state index contributed by atoms with van der Waals surface area (Å²) in [6.45, 7) is 2.89. The third kappa shape index (κ3) is 4.00. The topological polar surface area (TPSA) is 31.4 Å². The molecule has 1 N–H and O–H groups in total. The molecular formula is C17H24N4S2. The average molecular weight is 349 g/mol. The maximum Gasteiger partial charge on any atom is 0.169 e. The fourth-order valence-corrected chi connectivity index (χ4v) is 4.39. The molecule has 0 radical (unpaired) electrons. The van der Waals surface area contributed by atoms with E-state index >= 15 is 0 Å². The first kappa shape index (κ1) is 16.6. The lowest BCUT2D eigenvalue weighted by Gasteiger charge is -2.36. The average Bonchev–Trinajstić information content (AvgIpc) is 2.98. The third-order valence-electron chi connectivity index (χ3n) is 4.19. The minimum atomic E-state index is 0.320. The molecule has 1 aliphatic rings. The highest BCUT2D eigenvalue weighted by molar-refractivity contribution is 7.80. The van der Waals surface area contributed by atoms with Crippen molar-refractivity contribution in [3.63, 3.8) is 0 Å². The van der Waals surface area contributed by atoms with Gasteiger partial charge in [-0.05, 0) is 57.7 Å². The number of nitrogens with zero attached hydrogens (tertiary/aromatic N) is 3. The summed E-state index contributed by atoms with van der Waals surface area (Å²) < 4.78 is 1.26. The number of nitrogens with one attached hydrogen (secondary N) is 1. The zero-order valence-electron chi connectivity index (χ0n) is 13.8. The molecule has 2 heterocycles. The lowest BCUT2D eigenvalue weighted by Crippen LogP contribution is -2.45. The van der Waals surface area contributed by atoms with Gasteiger partial charge in [0.25, 0.3) is 0 Å². The van der Waals surface area contributed by atoms with Gasteiger partial charge in [0.05, 0.1) is 16.3 Å². The van der Waals surface area contributed by atoms with Crippen LogP contribution in [-0.4, -0.2) is 53.6 Å². The van der Waals surface area contributed by atoms with E-state index in [0.717, 1.165) is 36.7 Å². The van der Waals surface area contributed by atoms with Crippen molar-refractivity contribution in [2.45, 2.75) is 25.3 Å². The van der Waals surface area contributed by atoms with Gasteiger partial charge >= 0.3 is 0 Å². The second-order valence-corrected chi connectivity index (χ2v) is 7.71. The van der Waals surface area contributed by atoms with E-state index in [0.29, 0.717) is 6.04 Å². The Kier molecular flexibility index (Phi) is 5.46. The normalized spacial score (nSPS) is 18.6. The van der Waals surface area contributed by atoms with Gasteiger partial charge in [-0.2, -0.15) is 0 Å². The number of thiocarbonyl (C=S) groups is 1. The molecule has 0 aliphatic carbocycles. The number of hydrogen-bond acceptors (Lipinski definition) is 4. The highest BCUT2D eigenvalue weighted by Crippen LogP contribution is 2.35. The summed E-state index contributed by atoms with van der Waals surface area (Å²) in [6, 6.07) is 8.70. The van der Waals surface area contributed by atoms with Gasteiger partial charge in [0.2, 0.25) is 0 Å². The predicted octanol–water partition coefficient (Wildman–Crippen LogP) is 3.26. The molecule has 1 atom stereocenters. The summed E-state index contributed by atoms with van der Waals surface area (Å²) >= 11 is 7.46. The number of piperidine rings is 1. The minimum absolute atomic E-state index is 0.320. The second kappa shape index (κ2) is 7.55. The van der Waals surface area contributed by atoms with Gasteiger partial charge in [0.15, 0.2) is 5.11 Å². The van der Waals surface area contributed by atoms with Gasteiger partial charge in [0.1, 0.15) is 5.01 Å². The number of aromatic nitrogens is 1. The Balaban J connectivity index is 1.74. The number of benzene rings is 1. The number of thiazole rings is 1. The molecular weight excluding hydrogens is 324 g/mol. The zero-order chi connectivity index (χ0) is 16.2. The first-order valence-corrected chi connectivity index (χ1v) is 9.42. The molecule has 0 unspecified atom stereocenters. The van der Waals surface area contributed by atoms with Crippen LogP contribution < -0.4 is 5.32 Å². The molecule has 2 aromatic rings. The van der Waals surface area contributed by atoms with E-state index < -0.39 is 0 Å². The number of likely N-dealkylation sites (N-methyl/N-ethyl adjacent to an activating group) is 1. The molecule has 124 valence electrons. The van der Waals surface area contributed by atoms with E-state index in [2.05, 4.69) is 53.5 Å². The van der Waals surface area contributed by atoms with Gasteiger partial charge in [-0.25, -0.2) is 4.98 Å². The van der Waals surface area contributed by atoms with Crippen LogP contribution >= 0.6 is 23.6 Å². The van der Waals surface area contributed by atoms with E-state index in [1.807, 2.05) is 0 Å². The van der Waals surface area contributed by atoms with Crippen molar-refractivity contribution in [2.75, 3.05) is 33.7 Å². The second-order valence-electron chi connectivity index (χ2n) is 6.26. The monoisotopic (exact) mass is 348 g/mol. The summed E-state index contributed by atoms with van der Waals surface area (Å²) in [7, 11) is 4.16. The lowest BCUT2D eigenvalue weighted by molar-refractivity contribution is 0.241. The van der Waals surface area contributed by atoms with E-state index in [1.165, 1.54) is 22.5 Å². The molecule has 1 fully saturated rings. The maximum absolute atomic E-state index is 5.66. The Morgan fingerprint density at radius 3 is 3.00 bits per heavy atom. The number of rotatable bonds is 4. The van der Waals surface area contributed by atoms with Crippen molar-refractivity contribution in [3.05, 3.63) is 29.3 Å². The molecule has 6 heteroatoms.